The first-order valence-electron chi connectivity index (χ1n) is 12.7. The van der Waals surface area contributed by atoms with Crippen LogP contribution in [0.3, 0.4) is 0 Å². The summed E-state index contributed by atoms with van der Waals surface area (Å²) in [4.78, 5) is 23.4. The van der Waals surface area contributed by atoms with Crippen molar-refractivity contribution >= 4 is 45.5 Å². The van der Waals surface area contributed by atoms with E-state index < -0.39 is 0 Å². The Morgan fingerprint density at radius 2 is 1.98 bits per heavy atom. The summed E-state index contributed by atoms with van der Waals surface area (Å²) >= 11 is 6.54. The predicted octanol–water partition coefficient (Wildman–Crippen LogP) is 6.07. The number of halogens is 1. The average molecular weight is 559 g/mol. The SMILES string of the molecule is COc1ccnc(COc2ccc(Nc3c(C#N)cnc4cc(C)c(NC(=O)CCCN(C)C)cc34)cc2Cl)c1. The lowest BCUT2D eigenvalue weighted by Crippen LogP contribution is -2.17. The fraction of sp³-hybridized carbons (Fsp3) is 0.267. The van der Waals surface area contributed by atoms with E-state index in [1.54, 1.807) is 37.6 Å². The van der Waals surface area contributed by atoms with Crippen LogP contribution >= 0.6 is 11.6 Å². The molecular formula is C30H31ClN6O3. The zero-order valence-corrected chi connectivity index (χ0v) is 23.7. The summed E-state index contributed by atoms with van der Waals surface area (Å²) < 4.78 is 11.1. The number of hydrogen-bond donors (Lipinski definition) is 2. The van der Waals surface area contributed by atoms with Crippen LogP contribution in [0.1, 0.15) is 29.7 Å². The number of aryl methyl sites for hydroxylation is 1. The highest BCUT2D eigenvalue weighted by Crippen LogP contribution is 2.35. The van der Waals surface area contributed by atoms with Crippen molar-refractivity contribution < 1.29 is 14.3 Å². The second-order valence-corrected chi connectivity index (χ2v) is 9.95. The predicted molar refractivity (Wildman–Crippen MR) is 157 cm³/mol. The summed E-state index contributed by atoms with van der Waals surface area (Å²) in [5.74, 6) is 1.13. The highest BCUT2D eigenvalue weighted by atomic mass is 35.5. The van der Waals surface area contributed by atoms with E-state index in [1.807, 2.05) is 44.1 Å². The van der Waals surface area contributed by atoms with E-state index in [4.69, 9.17) is 21.1 Å². The van der Waals surface area contributed by atoms with E-state index in [0.29, 0.717) is 62.2 Å². The van der Waals surface area contributed by atoms with Gasteiger partial charge < -0.3 is 25.0 Å². The van der Waals surface area contributed by atoms with E-state index in [9.17, 15) is 10.1 Å². The largest absolute Gasteiger partial charge is 0.497 e. The van der Waals surface area contributed by atoms with Gasteiger partial charge in [0.05, 0.1) is 34.6 Å². The average Bonchev–Trinajstić information content (AvgIpc) is 2.93. The molecule has 2 heterocycles. The summed E-state index contributed by atoms with van der Waals surface area (Å²) in [6.45, 7) is 2.97. The van der Waals surface area contributed by atoms with Crippen molar-refractivity contribution in [2.75, 3.05) is 38.4 Å². The van der Waals surface area contributed by atoms with Gasteiger partial charge in [-0.25, -0.2) is 0 Å². The Hall–Kier alpha value is -4.39. The van der Waals surface area contributed by atoms with Crippen molar-refractivity contribution in [3.63, 3.8) is 0 Å². The van der Waals surface area contributed by atoms with Crippen LogP contribution in [0.15, 0.2) is 54.9 Å². The lowest BCUT2D eigenvalue weighted by molar-refractivity contribution is -0.116. The third-order valence-electron chi connectivity index (χ3n) is 6.22. The minimum absolute atomic E-state index is 0.0604. The van der Waals surface area contributed by atoms with Crippen LogP contribution in [0.25, 0.3) is 10.9 Å². The van der Waals surface area contributed by atoms with Gasteiger partial charge in [-0.1, -0.05) is 11.6 Å². The quantitative estimate of drug-likeness (QED) is 0.228. The molecule has 0 aliphatic rings. The Labute approximate surface area is 238 Å². The van der Waals surface area contributed by atoms with E-state index >= 15 is 0 Å². The van der Waals surface area contributed by atoms with Crippen molar-refractivity contribution in [3.05, 3.63) is 76.7 Å². The number of anilines is 3. The van der Waals surface area contributed by atoms with E-state index in [-0.39, 0.29) is 12.5 Å². The van der Waals surface area contributed by atoms with Gasteiger partial charge in [0.25, 0.3) is 0 Å². The first-order chi connectivity index (χ1) is 19.3. The number of nitrogens with one attached hydrogen (secondary N) is 2. The molecule has 2 N–H and O–H groups in total. The van der Waals surface area contributed by atoms with E-state index in [2.05, 4.69) is 26.7 Å². The highest BCUT2D eigenvalue weighted by Gasteiger charge is 2.14. The zero-order valence-electron chi connectivity index (χ0n) is 22.9. The van der Waals surface area contributed by atoms with Crippen molar-refractivity contribution in [1.82, 2.24) is 14.9 Å². The molecule has 0 saturated carbocycles. The summed E-state index contributed by atoms with van der Waals surface area (Å²) in [6.07, 6.45) is 4.36. The number of carbonyl (C=O) groups excluding carboxylic acids is 1. The molecule has 10 heteroatoms. The van der Waals surface area contributed by atoms with Crippen LogP contribution < -0.4 is 20.1 Å². The number of benzene rings is 2. The van der Waals surface area contributed by atoms with Crippen LogP contribution in [0.4, 0.5) is 17.1 Å². The molecule has 0 saturated heterocycles. The Kier molecular flexibility index (Phi) is 9.38. The van der Waals surface area contributed by atoms with E-state index in [1.165, 1.54) is 6.20 Å². The number of nitriles is 1. The second-order valence-electron chi connectivity index (χ2n) is 9.54. The molecule has 0 aliphatic heterocycles. The Bertz CT molecular complexity index is 1570. The smallest absolute Gasteiger partial charge is 0.224 e. The Morgan fingerprint density at radius 1 is 1.15 bits per heavy atom. The van der Waals surface area contributed by atoms with Crippen LogP contribution in [-0.4, -0.2) is 48.5 Å². The minimum atomic E-state index is -0.0604. The first-order valence-corrected chi connectivity index (χ1v) is 13.1. The molecule has 0 unspecified atom stereocenters. The number of aromatic nitrogens is 2. The zero-order chi connectivity index (χ0) is 28.6. The topological polar surface area (TPSA) is 112 Å². The van der Waals surface area contributed by atoms with Gasteiger partial charge in [-0.2, -0.15) is 5.26 Å². The number of hydrogen-bond acceptors (Lipinski definition) is 8. The van der Waals surface area contributed by atoms with Crippen molar-refractivity contribution in [2.24, 2.45) is 0 Å². The van der Waals surface area contributed by atoms with Gasteiger partial charge in [0, 0.05) is 41.6 Å². The molecule has 4 rings (SSSR count). The fourth-order valence-corrected chi connectivity index (χ4v) is 4.35. The number of nitrogens with zero attached hydrogens (tertiary/aromatic N) is 4. The summed E-state index contributed by atoms with van der Waals surface area (Å²) in [5.41, 5.74) is 4.55. The van der Waals surface area contributed by atoms with Gasteiger partial charge in [0.2, 0.25) is 5.91 Å². The monoisotopic (exact) mass is 558 g/mol. The molecule has 4 aromatic rings. The molecule has 0 fully saturated rings. The van der Waals surface area contributed by atoms with Gasteiger partial charge >= 0.3 is 0 Å². The molecule has 0 atom stereocenters. The highest BCUT2D eigenvalue weighted by molar-refractivity contribution is 6.32. The number of pyridine rings is 2. The normalized spacial score (nSPS) is 10.8. The fourth-order valence-electron chi connectivity index (χ4n) is 4.12. The third-order valence-corrected chi connectivity index (χ3v) is 6.51. The maximum Gasteiger partial charge on any atom is 0.224 e. The van der Waals surface area contributed by atoms with Gasteiger partial charge in [0.15, 0.2) is 0 Å². The molecular weight excluding hydrogens is 528 g/mol. The number of carbonyl (C=O) groups is 1. The minimum Gasteiger partial charge on any atom is -0.497 e. The van der Waals surface area contributed by atoms with Crippen LogP contribution in [0.5, 0.6) is 11.5 Å². The number of amides is 1. The summed E-state index contributed by atoms with van der Waals surface area (Å²) in [6, 6.07) is 14.8. The maximum absolute atomic E-state index is 12.6. The maximum atomic E-state index is 12.6. The van der Waals surface area contributed by atoms with Crippen molar-refractivity contribution in [3.8, 4) is 17.6 Å². The number of methoxy groups -OCH3 is 1. The van der Waals surface area contributed by atoms with E-state index in [0.717, 1.165) is 18.5 Å². The van der Waals surface area contributed by atoms with Crippen LogP contribution in [0, 0.1) is 18.3 Å². The molecule has 9 nitrogen and oxygen atoms in total. The lowest BCUT2D eigenvalue weighted by Gasteiger charge is -2.16. The molecule has 0 spiro atoms. The van der Waals surface area contributed by atoms with Crippen LogP contribution in [-0.2, 0) is 11.4 Å². The molecule has 0 aliphatic carbocycles. The molecule has 40 heavy (non-hydrogen) atoms. The second kappa shape index (κ2) is 13.1. The Morgan fingerprint density at radius 3 is 2.70 bits per heavy atom. The number of fused-ring (bicyclic) bond motifs is 1. The van der Waals surface area contributed by atoms with Gasteiger partial charge in [-0.15, -0.1) is 0 Å². The molecule has 2 aromatic carbocycles. The molecule has 0 bridgehead atoms. The lowest BCUT2D eigenvalue weighted by atomic mass is 10.0. The Balaban J connectivity index is 1.56. The van der Waals surface area contributed by atoms with Gasteiger partial charge in [-0.3, -0.25) is 14.8 Å². The number of ether oxygens (including phenoxy) is 2. The molecule has 0 radical (unpaired) electrons. The van der Waals surface area contributed by atoms with Crippen LogP contribution in [0.2, 0.25) is 5.02 Å². The first kappa shape index (κ1) is 28.6. The third kappa shape index (κ3) is 7.17. The number of rotatable bonds is 11. The van der Waals surface area contributed by atoms with Gasteiger partial charge in [0.1, 0.15) is 24.2 Å². The standard InChI is InChI=1S/C30H31ClN6O3/c1-19-12-27-24(15-26(19)36-29(38)6-5-11-37(2)3)30(20(16-32)17-34-27)35-21-7-8-28(25(31)14-21)40-18-22-13-23(39-4)9-10-33-22/h7-10,12-15,17H,5-6,11,18H2,1-4H3,(H,34,35)(H,36,38). The summed E-state index contributed by atoms with van der Waals surface area (Å²) in [7, 11) is 5.55. The van der Waals surface area contributed by atoms with Crippen molar-refractivity contribution in [1.29, 1.82) is 5.26 Å². The summed E-state index contributed by atoms with van der Waals surface area (Å²) in [5, 5.41) is 17.2. The van der Waals surface area contributed by atoms with Crippen molar-refractivity contribution in [2.45, 2.75) is 26.4 Å². The van der Waals surface area contributed by atoms with Gasteiger partial charge in [-0.05, 0) is 75.9 Å². The molecule has 1 amide bonds. The molecule has 2 aromatic heterocycles. The molecule has 206 valence electrons.